The number of pyridine rings is 1. The van der Waals surface area contributed by atoms with Gasteiger partial charge >= 0.3 is 0 Å². The van der Waals surface area contributed by atoms with Gasteiger partial charge in [-0.25, -0.2) is 9.99 Å². The molecule has 2 rings (SSSR count). The number of aromatic nitrogens is 1. The first-order valence-corrected chi connectivity index (χ1v) is 8.99. The summed E-state index contributed by atoms with van der Waals surface area (Å²) in [5, 5.41) is 3.76. The number of aryl methyl sites for hydroxylation is 2. The van der Waals surface area contributed by atoms with Crippen LogP contribution in [0.25, 0.3) is 0 Å². The molecule has 0 unspecified atom stereocenters. The fourth-order valence-electron chi connectivity index (χ4n) is 1.69. The number of benzene rings is 1. The first kappa shape index (κ1) is 20.5. The Morgan fingerprint density at radius 2 is 1.92 bits per heavy atom. The van der Waals surface area contributed by atoms with Crippen molar-refractivity contribution in [1.82, 2.24) is 5.43 Å². The Hall–Kier alpha value is -2.58. The molecule has 7 nitrogen and oxygen atoms in total. The summed E-state index contributed by atoms with van der Waals surface area (Å²) < 4.78 is 31.4. The van der Waals surface area contributed by atoms with Gasteiger partial charge < -0.3 is 0 Å². The standard InChI is InChI=1S/C10H13N3O.C7H8O3S/c1-3-6-11-12-10(14)9-5-4-7-13(2)8-9;1-6-2-4-7(5-3-6)11(8,9)10/h4-8H,3H2,1-2H3;2-5H,1H3,(H,8,9,10)/p+1/b11-6+;. The smallest absolute Gasteiger partial charge is 0.282 e. The van der Waals surface area contributed by atoms with Gasteiger partial charge in [0.2, 0.25) is 0 Å². The fourth-order valence-corrected chi connectivity index (χ4v) is 2.17. The minimum atomic E-state index is -4.02. The van der Waals surface area contributed by atoms with E-state index in [2.05, 4.69) is 10.5 Å². The lowest BCUT2D eigenvalue weighted by Gasteiger charge is -1.96. The second-order valence-electron chi connectivity index (χ2n) is 5.21. The number of carbonyl (C=O) groups is 1. The van der Waals surface area contributed by atoms with E-state index < -0.39 is 10.1 Å². The second-order valence-corrected chi connectivity index (χ2v) is 6.63. The second kappa shape index (κ2) is 9.65. The van der Waals surface area contributed by atoms with Crippen LogP contribution in [0, 0.1) is 6.92 Å². The van der Waals surface area contributed by atoms with E-state index >= 15 is 0 Å². The topological polar surface area (TPSA) is 99.7 Å². The van der Waals surface area contributed by atoms with Crippen molar-refractivity contribution in [2.45, 2.75) is 25.2 Å². The van der Waals surface area contributed by atoms with Crippen LogP contribution in [0.15, 0.2) is 58.8 Å². The fraction of sp³-hybridized carbons (Fsp3) is 0.235. The van der Waals surface area contributed by atoms with Crippen molar-refractivity contribution in [3.63, 3.8) is 0 Å². The highest BCUT2D eigenvalue weighted by molar-refractivity contribution is 7.85. The number of nitrogens with zero attached hydrogens (tertiary/aromatic N) is 2. The van der Waals surface area contributed by atoms with E-state index in [0.717, 1.165) is 12.0 Å². The van der Waals surface area contributed by atoms with E-state index in [9.17, 15) is 13.2 Å². The van der Waals surface area contributed by atoms with Crippen LogP contribution in [0.2, 0.25) is 0 Å². The van der Waals surface area contributed by atoms with Crippen LogP contribution in [0.3, 0.4) is 0 Å². The van der Waals surface area contributed by atoms with Crippen LogP contribution >= 0.6 is 0 Å². The Balaban J connectivity index is 0.000000257. The largest absolute Gasteiger partial charge is 0.294 e. The molecule has 0 saturated carbocycles. The van der Waals surface area contributed by atoms with Crippen LogP contribution in [0.5, 0.6) is 0 Å². The summed E-state index contributed by atoms with van der Waals surface area (Å²) in [5.74, 6) is -0.189. The van der Waals surface area contributed by atoms with Crippen molar-refractivity contribution in [2.24, 2.45) is 12.1 Å². The average molecular weight is 364 g/mol. The highest BCUT2D eigenvalue weighted by Gasteiger charge is 2.07. The SMILES string of the molecule is CC/C=N/NC(=O)c1ccc[n+](C)c1.Cc1ccc(S(=O)(=O)O)cc1. The minimum absolute atomic E-state index is 0.0666. The molecule has 25 heavy (non-hydrogen) atoms. The highest BCUT2D eigenvalue weighted by Crippen LogP contribution is 2.08. The number of hydrazone groups is 1. The van der Waals surface area contributed by atoms with Gasteiger partial charge in [0, 0.05) is 12.3 Å². The summed E-state index contributed by atoms with van der Waals surface area (Å²) in [7, 11) is -2.15. The molecule has 0 aliphatic heterocycles. The van der Waals surface area contributed by atoms with Crippen LogP contribution in [0.1, 0.15) is 29.3 Å². The molecule has 1 amide bonds. The van der Waals surface area contributed by atoms with Crippen molar-refractivity contribution in [2.75, 3.05) is 0 Å². The van der Waals surface area contributed by atoms with Crippen LogP contribution in [-0.2, 0) is 17.2 Å². The molecule has 0 saturated heterocycles. The quantitative estimate of drug-likeness (QED) is 0.374. The molecule has 1 aromatic heterocycles. The molecule has 2 aromatic rings. The molecule has 0 atom stereocenters. The van der Waals surface area contributed by atoms with Gasteiger partial charge in [0.15, 0.2) is 12.4 Å². The third kappa shape index (κ3) is 7.69. The number of rotatable bonds is 4. The summed E-state index contributed by atoms with van der Waals surface area (Å²) in [5.41, 5.74) is 4.00. The Kier molecular flexibility index (Phi) is 7.90. The van der Waals surface area contributed by atoms with Crippen molar-refractivity contribution in [3.8, 4) is 0 Å². The maximum atomic E-state index is 11.4. The van der Waals surface area contributed by atoms with Gasteiger partial charge in [-0.05, 0) is 31.5 Å². The van der Waals surface area contributed by atoms with E-state index in [1.807, 2.05) is 37.7 Å². The van der Waals surface area contributed by atoms with Crippen LogP contribution in [0.4, 0.5) is 0 Å². The molecular weight excluding hydrogens is 342 g/mol. The lowest BCUT2D eigenvalue weighted by atomic mass is 10.2. The molecule has 0 aliphatic rings. The molecule has 8 heteroatoms. The van der Waals surface area contributed by atoms with Crippen molar-refractivity contribution in [3.05, 3.63) is 59.9 Å². The zero-order chi connectivity index (χ0) is 18.9. The molecular formula is C17H22N3O4S+. The van der Waals surface area contributed by atoms with E-state index in [1.54, 1.807) is 30.6 Å². The number of carbonyl (C=O) groups excluding carboxylic acids is 1. The van der Waals surface area contributed by atoms with Crippen molar-refractivity contribution >= 4 is 22.2 Å². The van der Waals surface area contributed by atoms with Gasteiger partial charge in [0.05, 0.1) is 4.90 Å². The van der Waals surface area contributed by atoms with Gasteiger partial charge in [-0.3, -0.25) is 9.35 Å². The Labute approximate surface area is 147 Å². The lowest BCUT2D eigenvalue weighted by molar-refractivity contribution is -0.671. The normalized spacial score (nSPS) is 10.9. The Morgan fingerprint density at radius 3 is 2.44 bits per heavy atom. The van der Waals surface area contributed by atoms with Crippen molar-refractivity contribution < 1.29 is 22.3 Å². The number of hydrogen-bond donors (Lipinski definition) is 2. The van der Waals surface area contributed by atoms with E-state index in [-0.39, 0.29) is 10.8 Å². The van der Waals surface area contributed by atoms with Crippen LogP contribution < -0.4 is 9.99 Å². The summed E-state index contributed by atoms with van der Waals surface area (Å²) in [6.45, 7) is 3.80. The average Bonchev–Trinajstić information content (AvgIpc) is 2.55. The highest BCUT2D eigenvalue weighted by atomic mass is 32.2. The molecule has 0 radical (unpaired) electrons. The van der Waals surface area contributed by atoms with Crippen LogP contribution in [-0.4, -0.2) is 25.1 Å². The first-order valence-electron chi connectivity index (χ1n) is 7.55. The van der Waals surface area contributed by atoms with E-state index in [1.165, 1.54) is 12.1 Å². The predicted molar refractivity (Wildman–Crippen MR) is 94.9 cm³/mol. The molecule has 0 aliphatic carbocycles. The lowest BCUT2D eigenvalue weighted by Crippen LogP contribution is -2.29. The van der Waals surface area contributed by atoms with Gasteiger partial charge in [0.25, 0.3) is 16.0 Å². The summed E-state index contributed by atoms with van der Waals surface area (Å²) in [6, 6.07) is 9.55. The number of amides is 1. The third-order valence-corrected chi connectivity index (χ3v) is 3.83. The molecule has 2 N–H and O–H groups in total. The van der Waals surface area contributed by atoms with E-state index in [4.69, 9.17) is 4.55 Å². The zero-order valence-electron chi connectivity index (χ0n) is 14.4. The number of hydrogen-bond acceptors (Lipinski definition) is 4. The summed E-state index contributed by atoms with van der Waals surface area (Å²) in [6.07, 6.45) is 6.08. The third-order valence-electron chi connectivity index (χ3n) is 2.96. The van der Waals surface area contributed by atoms with Gasteiger partial charge in [-0.15, -0.1) is 0 Å². The summed E-state index contributed by atoms with van der Waals surface area (Å²) in [4.78, 5) is 11.4. The molecule has 0 bridgehead atoms. The molecule has 134 valence electrons. The maximum absolute atomic E-state index is 11.4. The molecule has 0 fully saturated rings. The Morgan fingerprint density at radius 1 is 1.28 bits per heavy atom. The van der Waals surface area contributed by atoms with E-state index in [0.29, 0.717) is 5.56 Å². The van der Waals surface area contributed by atoms with Gasteiger partial charge in [-0.2, -0.15) is 13.5 Å². The molecule has 1 heterocycles. The van der Waals surface area contributed by atoms with Crippen molar-refractivity contribution in [1.29, 1.82) is 0 Å². The first-order chi connectivity index (χ1) is 11.7. The molecule has 0 spiro atoms. The predicted octanol–water partition coefficient (Wildman–Crippen LogP) is 1.88. The van der Waals surface area contributed by atoms with Gasteiger partial charge in [-0.1, -0.05) is 24.6 Å². The Bertz CT molecular complexity index is 831. The maximum Gasteiger partial charge on any atom is 0.294 e. The molecule has 1 aromatic carbocycles. The minimum Gasteiger partial charge on any atom is -0.282 e. The number of nitrogens with one attached hydrogen (secondary N) is 1. The van der Waals surface area contributed by atoms with Gasteiger partial charge in [0.1, 0.15) is 12.6 Å². The zero-order valence-corrected chi connectivity index (χ0v) is 15.2. The summed E-state index contributed by atoms with van der Waals surface area (Å²) >= 11 is 0. The monoisotopic (exact) mass is 364 g/mol.